The molecule has 0 saturated carbocycles. The minimum atomic E-state index is 0.0258. The second-order valence-electron chi connectivity index (χ2n) is 5.92. The van der Waals surface area contributed by atoms with Gasteiger partial charge in [0.05, 0.1) is 45.9 Å². The average Bonchev–Trinajstić information content (AvgIpc) is 2.83. The largest absolute Gasteiger partial charge is 0.464 e. The van der Waals surface area contributed by atoms with Gasteiger partial charge in [-0.15, -0.1) is 0 Å². The number of likely N-dealkylation sites (N-methyl/N-ethyl adjacent to an activating group) is 1. The van der Waals surface area contributed by atoms with E-state index in [1.165, 1.54) is 4.90 Å². The number of hydrogen-bond acceptors (Lipinski definition) is 3. The first-order valence-corrected chi connectivity index (χ1v) is 7.44. The number of quaternary nitrogens is 1. The highest BCUT2D eigenvalue weighted by Gasteiger charge is 2.19. The van der Waals surface area contributed by atoms with Crippen LogP contribution in [0.4, 0.5) is 0 Å². The maximum absolute atomic E-state index is 12.2. The summed E-state index contributed by atoms with van der Waals surface area (Å²) in [6, 6.07) is 6.07. The Labute approximate surface area is 124 Å². The monoisotopic (exact) mass is 288 g/mol. The SMILES string of the molecule is Cc1ccc2c(CC(=O)NN3CC[NH+](C)CC3)coc2c1. The van der Waals surface area contributed by atoms with E-state index in [1.54, 1.807) is 6.26 Å². The van der Waals surface area contributed by atoms with Crippen molar-refractivity contribution in [3.63, 3.8) is 0 Å². The van der Waals surface area contributed by atoms with Crippen LogP contribution in [-0.4, -0.2) is 44.1 Å². The number of fused-ring (bicyclic) bond motifs is 1. The summed E-state index contributed by atoms with van der Waals surface area (Å²) >= 11 is 0. The van der Waals surface area contributed by atoms with Crippen LogP contribution in [0.1, 0.15) is 11.1 Å². The molecule has 3 rings (SSSR count). The molecule has 0 spiro atoms. The Bertz CT molecular complexity index is 642. The highest BCUT2D eigenvalue weighted by molar-refractivity contribution is 5.87. The molecule has 2 heterocycles. The highest BCUT2D eigenvalue weighted by Crippen LogP contribution is 2.22. The standard InChI is InChI=1S/C16H21N3O2/c1-12-3-4-14-13(11-21-15(14)9-12)10-16(20)17-19-7-5-18(2)6-8-19/h3-4,9,11H,5-8,10H2,1-2H3,(H,17,20)/p+1. The van der Waals surface area contributed by atoms with Gasteiger partial charge in [0.15, 0.2) is 0 Å². The molecule has 1 aliphatic rings. The van der Waals surface area contributed by atoms with Crippen molar-refractivity contribution in [2.75, 3.05) is 33.2 Å². The van der Waals surface area contributed by atoms with Crippen LogP contribution in [-0.2, 0) is 11.2 Å². The first-order valence-electron chi connectivity index (χ1n) is 7.44. The summed E-state index contributed by atoms with van der Waals surface area (Å²) in [4.78, 5) is 13.7. The Morgan fingerprint density at radius 3 is 2.90 bits per heavy atom. The Kier molecular flexibility index (Phi) is 3.94. The van der Waals surface area contributed by atoms with Gasteiger partial charge in [0, 0.05) is 10.9 Å². The van der Waals surface area contributed by atoms with Gasteiger partial charge in [-0.2, -0.15) is 0 Å². The fourth-order valence-corrected chi connectivity index (χ4v) is 2.72. The molecule has 1 amide bonds. The molecule has 0 unspecified atom stereocenters. The van der Waals surface area contributed by atoms with Crippen molar-refractivity contribution in [1.29, 1.82) is 0 Å². The maximum atomic E-state index is 12.2. The van der Waals surface area contributed by atoms with Crippen molar-refractivity contribution in [3.05, 3.63) is 35.6 Å². The van der Waals surface area contributed by atoms with Gasteiger partial charge in [-0.05, 0) is 18.6 Å². The molecule has 0 aliphatic carbocycles. The number of carbonyl (C=O) groups is 1. The van der Waals surface area contributed by atoms with E-state index < -0.39 is 0 Å². The first-order chi connectivity index (χ1) is 10.1. The van der Waals surface area contributed by atoms with Crippen molar-refractivity contribution in [3.8, 4) is 0 Å². The van der Waals surface area contributed by atoms with E-state index in [-0.39, 0.29) is 5.91 Å². The van der Waals surface area contributed by atoms with Crippen molar-refractivity contribution < 1.29 is 14.1 Å². The minimum Gasteiger partial charge on any atom is -0.464 e. The zero-order valence-electron chi connectivity index (χ0n) is 12.6. The number of hydrazine groups is 1. The van der Waals surface area contributed by atoms with E-state index in [0.717, 1.165) is 48.3 Å². The Morgan fingerprint density at radius 2 is 2.14 bits per heavy atom. The summed E-state index contributed by atoms with van der Waals surface area (Å²) in [6.45, 7) is 5.97. The lowest BCUT2D eigenvalue weighted by Crippen LogP contribution is -3.12. The zero-order valence-corrected chi connectivity index (χ0v) is 12.6. The summed E-state index contributed by atoms with van der Waals surface area (Å²) in [5, 5.41) is 3.04. The lowest BCUT2D eigenvalue weighted by molar-refractivity contribution is -0.884. The van der Waals surface area contributed by atoms with Crippen LogP contribution in [0.2, 0.25) is 0 Å². The van der Waals surface area contributed by atoms with E-state index in [9.17, 15) is 4.79 Å². The fraction of sp³-hybridized carbons (Fsp3) is 0.438. The van der Waals surface area contributed by atoms with Gasteiger partial charge >= 0.3 is 0 Å². The van der Waals surface area contributed by atoms with Crippen molar-refractivity contribution in [1.82, 2.24) is 10.4 Å². The number of hydrogen-bond donors (Lipinski definition) is 2. The molecule has 0 atom stereocenters. The van der Waals surface area contributed by atoms with E-state index in [0.29, 0.717) is 6.42 Å². The third-order valence-corrected chi connectivity index (χ3v) is 4.06. The van der Waals surface area contributed by atoms with Crippen LogP contribution >= 0.6 is 0 Å². The molecular weight excluding hydrogens is 266 g/mol. The number of nitrogens with one attached hydrogen (secondary N) is 2. The number of furan rings is 1. The predicted octanol–water partition coefficient (Wildman–Crippen LogP) is 0.145. The van der Waals surface area contributed by atoms with Crippen molar-refractivity contribution in [2.24, 2.45) is 0 Å². The number of piperazine rings is 1. The summed E-state index contributed by atoms with van der Waals surface area (Å²) in [6.07, 6.45) is 2.05. The van der Waals surface area contributed by atoms with Gasteiger partial charge in [0.1, 0.15) is 5.58 Å². The van der Waals surface area contributed by atoms with E-state index in [4.69, 9.17) is 4.42 Å². The lowest BCUT2D eigenvalue weighted by atomic mass is 10.1. The van der Waals surface area contributed by atoms with Gasteiger partial charge < -0.3 is 9.32 Å². The van der Waals surface area contributed by atoms with Crippen LogP contribution in [0.5, 0.6) is 0 Å². The normalized spacial score (nSPS) is 17.2. The van der Waals surface area contributed by atoms with Crippen LogP contribution < -0.4 is 10.3 Å². The third kappa shape index (κ3) is 3.25. The Hall–Kier alpha value is -1.85. The predicted molar refractivity (Wildman–Crippen MR) is 81.0 cm³/mol. The Morgan fingerprint density at radius 1 is 1.38 bits per heavy atom. The van der Waals surface area contributed by atoms with Gasteiger partial charge in [0.25, 0.3) is 0 Å². The number of nitrogens with zero attached hydrogens (tertiary/aromatic N) is 1. The van der Waals surface area contributed by atoms with Gasteiger partial charge in [-0.1, -0.05) is 12.1 Å². The van der Waals surface area contributed by atoms with E-state index in [1.807, 2.05) is 30.1 Å². The second kappa shape index (κ2) is 5.87. The van der Waals surface area contributed by atoms with Gasteiger partial charge in [0.2, 0.25) is 5.91 Å². The van der Waals surface area contributed by atoms with Crippen LogP contribution in [0, 0.1) is 6.92 Å². The topological polar surface area (TPSA) is 49.9 Å². The molecule has 0 bridgehead atoms. The molecule has 2 aromatic rings. The quantitative estimate of drug-likeness (QED) is 0.845. The van der Waals surface area contributed by atoms with Gasteiger partial charge in [-0.3, -0.25) is 10.2 Å². The molecule has 21 heavy (non-hydrogen) atoms. The maximum Gasteiger partial charge on any atom is 0.238 e. The smallest absolute Gasteiger partial charge is 0.238 e. The number of rotatable bonds is 3. The summed E-state index contributed by atoms with van der Waals surface area (Å²) in [5.41, 5.74) is 5.95. The molecule has 1 fully saturated rings. The zero-order chi connectivity index (χ0) is 14.8. The van der Waals surface area contributed by atoms with Crippen molar-refractivity contribution in [2.45, 2.75) is 13.3 Å². The van der Waals surface area contributed by atoms with E-state index in [2.05, 4.69) is 12.5 Å². The molecule has 5 nitrogen and oxygen atoms in total. The number of amides is 1. The molecule has 112 valence electrons. The molecule has 1 saturated heterocycles. The lowest BCUT2D eigenvalue weighted by Gasteiger charge is -2.30. The molecule has 1 aromatic carbocycles. The Balaban J connectivity index is 1.63. The van der Waals surface area contributed by atoms with Crippen LogP contribution in [0.25, 0.3) is 11.0 Å². The summed E-state index contributed by atoms with van der Waals surface area (Å²) < 4.78 is 5.54. The second-order valence-corrected chi connectivity index (χ2v) is 5.92. The minimum absolute atomic E-state index is 0.0258. The number of carbonyl (C=O) groups excluding carboxylic acids is 1. The molecule has 1 aliphatic heterocycles. The average molecular weight is 288 g/mol. The highest BCUT2D eigenvalue weighted by atomic mass is 16.3. The van der Waals surface area contributed by atoms with Gasteiger partial charge in [-0.25, -0.2) is 5.01 Å². The fourth-order valence-electron chi connectivity index (χ4n) is 2.72. The van der Waals surface area contributed by atoms with Crippen molar-refractivity contribution >= 4 is 16.9 Å². The molecule has 0 radical (unpaired) electrons. The molecule has 2 N–H and O–H groups in total. The summed E-state index contributed by atoms with van der Waals surface area (Å²) in [7, 11) is 2.18. The first kappa shape index (κ1) is 14.1. The third-order valence-electron chi connectivity index (χ3n) is 4.06. The van der Waals surface area contributed by atoms with Crippen LogP contribution in [0.15, 0.2) is 28.9 Å². The number of aryl methyl sites for hydroxylation is 1. The number of benzene rings is 1. The summed E-state index contributed by atoms with van der Waals surface area (Å²) in [5.74, 6) is 0.0258. The van der Waals surface area contributed by atoms with Crippen LogP contribution in [0.3, 0.4) is 0 Å². The molecule has 1 aromatic heterocycles. The molecular formula is C16H22N3O2+. The molecule has 5 heteroatoms. The van der Waals surface area contributed by atoms with E-state index >= 15 is 0 Å².